The molecule has 8 aromatic carbocycles. The Morgan fingerprint density at radius 3 is 1.14 bits per heavy atom. The first-order valence-electron chi connectivity index (χ1n) is 44.1. The maximum atomic E-state index is 13.1. The maximum absolute atomic E-state index is 13.1. The fourth-order valence-electron chi connectivity index (χ4n) is 10.4. The van der Waals surface area contributed by atoms with Crippen LogP contribution in [0.5, 0.6) is 51.9 Å². The number of nitrogens with zero attached hydrogens (tertiary/aromatic N) is 2. The Hall–Kier alpha value is -9.84. The van der Waals surface area contributed by atoms with E-state index in [9.17, 15) is 13.6 Å². The van der Waals surface area contributed by atoms with Crippen LogP contribution in [0.2, 0.25) is 0 Å². The van der Waals surface area contributed by atoms with E-state index in [1.165, 1.54) is 72.3 Å². The number of aryl methyl sites for hydroxylation is 7. The first-order chi connectivity index (χ1) is 57.9. The molecule has 10 rings (SSSR count). The molecule has 1 fully saturated rings. The Balaban J connectivity index is 0.00000133. The molecule has 0 bridgehead atoms. The van der Waals surface area contributed by atoms with Gasteiger partial charge in [0.05, 0.1) is 68.0 Å². The van der Waals surface area contributed by atoms with Crippen molar-refractivity contribution in [2.75, 3.05) is 32.6 Å². The molecule has 684 valence electrons. The molecule has 9 aromatic rings. The van der Waals surface area contributed by atoms with Gasteiger partial charge in [-0.3, -0.25) is 4.79 Å². The quantitative estimate of drug-likeness (QED) is 0.0522. The number of anilines is 1. The summed E-state index contributed by atoms with van der Waals surface area (Å²) in [5.41, 5.74) is 10.1. The molecule has 1 aliphatic heterocycles. The summed E-state index contributed by atoms with van der Waals surface area (Å²) in [5, 5.41) is 6.41. The number of likely N-dealkylation sites (tertiary alicyclic amines) is 1. The Labute approximate surface area is 744 Å². The number of halogens is 2. The lowest BCUT2D eigenvalue weighted by Crippen LogP contribution is -2.35. The average molecular weight is 1700 g/mol. The number of piperidine rings is 1. The van der Waals surface area contributed by atoms with Gasteiger partial charge in [-0.15, -0.1) is 0 Å². The van der Waals surface area contributed by atoms with Crippen LogP contribution in [-0.2, 0) is 22.5 Å². The molecule has 1 aromatic heterocycles. The molecule has 0 spiro atoms. The van der Waals surface area contributed by atoms with Gasteiger partial charge in [-0.1, -0.05) is 131 Å². The lowest BCUT2D eigenvalue weighted by Gasteiger charge is -2.29. The van der Waals surface area contributed by atoms with Crippen LogP contribution in [0.3, 0.4) is 0 Å². The number of methoxy groups -OCH3 is 1. The molecule has 0 amide bonds. The molecule has 2 N–H and O–H groups in total. The number of carbonyl (C=O) groups excluding carboxylic acids is 1. The first kappa shape index (κ1) is 113. The van der Waals surface area contributed by atoms with Crippen LogP contribution < -0.4 is 53.3 Å². The van der Waals surface area contributed by atoms with Crippen LogP contribution >= 0.6 is 0 Å². The number of esters is 1. The predicted octanol–water partition coefficient (Wildman–Crippen LogP) is 27.6. The van der Waals surface area contributed by atoms with Gasteiger partial charge >= 0.3 is 5.97 Å². The second kappa shape index (κ2) is 65.8. The molecule has 17 heteroatoms. The predicted molar refractivity (Wildman–Crippen MR) is 514 cm³/mol. The van der Waals surface area contributed by atoms with Crippen molar-refractivity contribution in [3.8, 4) is 51.9 Å². The highest BCUT2D eigenvalue weighted by Gasteiger charge is 2.13. The largest absolute Gasteiger partial charge is 0.497 e. The van der Waals surface area contributed by atoms with Crippen LogP contribution in [0.1, 0.15) is 237 Å². The summed E-state index contributed by atoms with van der Waals surface area (Å²) in [5.74, 6) is 6.65. The molecule has 1 saturated heterocycles. The molecule has 0 atom stereocenters. The van der Waals surface area contributed by atoms with Crippen LogP contribution in [0.25, 0.3) is 0 Å². The number of pyridine rings is 1. The van der Waals surface area contributed by atoms with Gasteiger partial charge in [0.15, 0.2) is 11.6 Å². The third-order valence-corrected chi connectivity index (χ3v) is 16.4. The highest BCUT2D eigenvalue weighted by molar-refractivity contribution is 5.71. The van der Waals surface area contributed by atoms with E-state index in [-0.39, 0.29) is 78.5 Å². The molecule has 0 saturated carbocycles. The van der Waals surface area contributed by atoms with Gasteiger partial charge in [-0.05, 0) is 349 Å². The van der Waals surface area contributed by atoms with E-state index < -0.39 is 0 Å². The lowest BCUT2D eigenvalue weighted by atomic mass is 10.1. The van der Waals surface area contributed by atoms with Gasteiger partial charge in [-0.2, -0.15) is 0 Å². The third-order valence-electron chi connectivity index (χ3n) is 16.4. The number of hydrogen-bond acceptors (Lipinski definition) is 15. The molecule has 123 heavy (non-hydrogen) atoms. The Kier molecular flexibility index (Phi) is 60.5. The zero-order valence-electron chi connectivity index (χ0n) is 81.6. The third kappa shape index (κ3) is 61.2. The van der Waals surface area contributed by atoms with E-state index in [1.54, 1.807) is 32.2 Å². The first-order valence-corrected chi connectivity index (χ1v) is 44.1. The SMILES string of the molecule is CC(C)N1CCCCC1.CC(C)OC(=O)C(C)C.CCc1ccc(OC(C)C)cc1.CNc1ccc(OC(C)C)cc1.COc1ccc(CNC(C)C)cc1.Cc1ccc(OC(C)C)c(F)c1.Cc1ccc(OC(C)C)cc1.Cc1ccc(OC(C)C)cc1.Cc1ccc(OC(C)C)cc1F.Cc1cccc(OC(C)C)c1.Cc1cccc(OC(C)C)n1. The molecule has 1 aliphatic rings. The number of aromatic nitrogens is 1. The summed E-state index contributed by atoms with van der Waals surface area (Å²) in [6.45, 7) is 65.5. The minimum atomic E-state index is -0.288. The zero-order valence-corrected chi connectivity index (χ0v) is 81.6. The van der Waals surface area contributed by atoms with Crippen LogP contribution in [0.4, 0.5) is 14.5 Å². The van der Waals surface area contributed by atoms with Crippen molar-refractivity contribution >= 4 is 11.7 Å². The molecule has 2 heterocycles. The Morgan fingerprint density at radius 2 is 0.780 bits per heavy atom. The minimum Gasteiger partial charge on any atom is -0.497 e. The fraction of sp³-hybridized carbons (Fsp3) is 0.491. The van der Waals surface area contributed by atoms with Gasteiger partial charge in [0, 0.05) is 49.2 Å². The second-order valence-electron chi connectivity index (χ2n) is 33.2. The molecule has 0 unspecified atom stereocenters. The number of rotatable bonds is 25. The minimum absolute atomic E-state index is 0.00704. The van der Waals surface area contributed by atoms with Crippen molar-refractivity contribution in [1.29, 1.82) is 0 Å². The van der Waals surface area contributed by atoms with Crippen LogP contribution in [0, 0.1) is 59.1 Å². The fourth-order valence-corrected chi connectivity index (χ4v) is 10.4. The van der Waals surface area contributed by atoms with E-state index in [2.05, 4.69) is 131 Å². The van der Waals surface area contributed by atoms with Gasteiger partial charge < -0.3 is 62.9 Å². The summed E-state index contributed by atoms with van der Waals surface area (Å²) >= 11 is 0. The monoisotopic (exact) mass is 1700 g/mol. The zero-order chi connectivity index (χ0) is 93.1. The van der Waals surface area contributed by atoms with E-state index in [1.807, 2.05) is 275 Å². The smallest absolute Gasteiger partial charge is 0.308 e. The van der Waals surface area contributed by atoms with E-state index in [4.69, 9.17) is 47.4 Å². The van der Waals surface area contributed by atoms with Crippen LogP contribution in [-0.4, -0.2) is 110 Å². The van der Waals surface area contributed by atoms with Crippen molar-refractivity contribution in [2.24, 2.45) is 5.92 Å². The molecular formula is C106H160F2N4O11. The average Bonchev–Trinajstić information content (AvgIpc) is 0.889. The number of carbonyl (C=O) groups is 1. The summed E-state index contributed by atoms with van der Waals surface area (Å²) < 4.78 is 79.3. The van der Waals surface area contributed by atoms with Gasteiger partial charge in [0.1, 0.15) is 46.1 Å². The summed E-state index contributed by atoms with van der Waals surface area (Å²) in [6, 6.07) is 65.5. The normalized spacial score (nSPS) is 11.2. The van der Waals surface area contributed by atoms with Crippen molar-refractivity contribution in [3.63, 3.8) is 0 Å². The molecular weight excluding hydrogens is 1540 g/mol. The van der Waals surface area contributed by atoms with Gasteiger partial charge in [0.2, 0.25) is 5.88 Å². The van der Waals surface area contributed by atoms with Crippen molar-refractivity contribution in [3.05, 3.63) is 256 Å². The molecule has 0 aliphatic carbocycles. The lowest BCUT2D eigenvalue weighted by molar-refractivity contribution is -0.151. The van der Waals surface area contributed by atoms with Gasteiger partial charge in [0.25, 0.3) is 0 Å². The van der Waals surface area contributed by atoms with Crippen LogP contribution in [0.15, 0.2) is 200 Å². The van der Waals surface area contributed by atoms with Crippen molar-refractivity contribution in [1.82, 2.24) is 15.2 Å². The van der Waals surface area contributed by atoms with E-state index in [0.717, 1.165) is 70.4 Å². The van der Waals surface area contributed by atoms with E-state index in [0.29, 0.717) is 29.0 Å². The highest BCUT2D eigenvalue weighted by atomic mass is 19.1. The van der Waals surface area contributed by atoms with Gasteiger partial charge in [-0.25, -0.2) is 13.8 Å². The number of ether oxygens (including phenoxy) is 10. The Bertz CT molecular complexity index is 3950. The van der Waals surface area contributed by atoms with Crippen molar-refractivity contribution in [2.45, 2.75) is 314 Å². The standard InChI is InChI=1S/C11H17NO.C11H16O.2C10H13FO.C10H15NO.3C10H14O.C9H13NO.C8H17N.C7H14O2/c1-9(2)12-8-10-4-6-11(13-3)7-5-10;1-4-10-5-7-11(8-6-10)12-9(2)3;1-7(2)12-9-5-4-8(3)10(11)6-9;1-7(2)12-10-5-4-8(3)6-9(10)11;1-8(2)12-10-6-4-9(11-3)5-7-10;2*1-8(2)11-10-6-4-9(3)5-7-10;1-8(2)11-10-6-4-5-9(3)7-10;1-7(2)11-9-6-4-5-8(3)10-9;1-8(2)9-6-4-3-5-7-9;1-5(2)7(8)9-6(3)4/h4-7,9,12H,8H2,1-3H3;5-9H,4H2,1-3H3;2*4-7H,1-3H3;4-8,11H,1-3H3;3*4-8H,1-3H3;4-7H,1-3H3;8H,3-7H2,1-2H3;5-6H,1-4H3. The maximum Gasteiger partial charge on any atom is 0.308 e. The number of hydrogen-bond donors (Lipinski definition) is 2. The highest BCUT2D eigenvalue weighted by Crippen LogP contribution is 2.23. The Morgan fingerprint density at radius 1 is 0.390 bits per heavy atom. The number of nitrogens with one attached hydrogen (secondary N) is 2. The van der Waals surface area contributed by atoms with E-state index >= 15 is 0 Å². The molecule has 0 radical (unpaired) electrons. The summed E-state index contributed by atoms with van der Waals surface area (Å²) in [6.07, 6.45) is 6.97. The number of benzene rings is 8. The summed E-state index contributed by atoms with van der Waals surface area (Å²) in [4.78, 5) is 17.5. The topological polar surface area (TPSA) is 150 Å². The molecule has 15 nitrogen and oxygen atoms in total. The second-order valence-corrected chi connectivity index (χ2v) is 33.2. The van der Waals surface area contributed by atoms with Crippen molar-refractivity contribution < 1.29 is 60.9 Å². The summed E-state index contributed by atoms with van der Waals surface area (Å²) in [7, 11) is 3.58.